The van der Waals surface area contributed by atoms with E-state index in [4.69, 9.17) is 5.11 Å². The summed E-state index contributed by atoms with van der Waals surface area (Å²) in [4.78, 5) is 13.4. The Hall–Kier alpha value is -1.01. The Kier molecular flexibility index (Phi) is 3.73. The van der Waals surface area contributed by atoms with Crippen molar-refractivity contribution >= 4 is 17.7 Å². The van der Waals surface area contributed by atoms with Crippen LogP contribution in [0, 0.1) is 0 Å². The third-order valence-corrected chi connectivity index (χ3v) is 4.34. The van der Waals surface area contributed by atoms with Crippen molar-refractivity contribution < 1.29 is 9.90 Å². The second-order valence-corrected chi connectivity index (χ2v) is 5.48. The predicted octanol–water partition coefficient (Wildman–Crippen LogP) is 1.06. The summed E-state index contributed by atoms with van der Waals surface area (Å²) < 4.78 is 1.66. The fourth-order valence-corrected chi connectivity index (χ4v) is 3.10. The average molecular weight is 255 g/mol. The highest BCUT2D eigenvalue weighted by atomic mass is 32.2. The summed E-state index contributed by atoms with van der Waals surface area (Å²) in [5, 5.41) is 13.1. The Bertz CT molecular complexity index is 419. The summed E-state index contributed by atoms with van der Waals surface area (Å²) in [6, 6.07) is 0.491. The minimum absolute atomic E-state index is 0.318. The fourth-order valence-electron chi connectivity index (χ4n) is 2.02. The Morgan fingerprint density at radius 3 is 3.12 bits per heavy atom. The van der Waals surface area contributed by atoms with Crippen LogP contribution in [0.25, 0.3) is 0 Å². The van der Waals surface area contributed by atoms with Crippen molar-refractivity contribution in [2.45, 2.75) is 19.5 Å². The molecule has 0 spiro atoms. The third-order valence-electron chi connectivity index (χ3n) is 3.15. The van der Waals surface area contributed by atoms with E-state index in [-0.39, 0.29) is 0 Å². The molecule has 1 aromatic heterocycles. The van der Waals surface area contributed by atoms with E-state index in [1.807, 2.05) is 11.8 Å². The summed E-state index contributed by atoms with van der Waals surface area (Å²) >= 11 is 1.95. The van der Waals surface area contributed by atoms with Crippen LogP contribution < -0.4 is 0 Å². The number of carboxylic acid groups (broad SMARTS) is 1. The van der Waals surface area contributed by atoms with Gasteiger partial charge in [-0.1, -0.05) is 0 Å². The van der Waals surface area contributed by atoms with Crippen LogP contribution >= 0.6 is 11.8 Å². The second kappa shape index (κ2) is 5.10. The topological polar surface area (TPSA) is 58.4 Å². The standard InChI is InChI=1S/C11H17N3O2S/c1-8-7-17-4-3-14(8)6-10-9(11(15)16)5-12-13(10)2/h5,8H,3-4,6-7H2,1-2H3,(H,15,16). The largest absolute Gasteiger partial charge is 0.478 e. The van der Waals surface area contributed by atoms with E-state index in [1.165, 1.54) is 6.20 Å². The van der Waals surface area contributed by atoms with Gasteiger partial charge in [-0.3, -0.25) is 9.58 Å². The van der Waals surface area contributed by atoms with Crippen molar-refractivity contribution in [2.24, 2.45) is 7.05 Å². The molecule has 6 heteroatoms. The van der Waals surface area contributed by atoms with E-state index in [2.05, 4.69) is 16.9 Å². The van der Waals surface area contributed by atoms with Crippen molar-refractivity contribution in [1.82, 2.24) is 14.7 Å². The first-order valence-corrected chi connectivity index (χ1v) is 6.81. The molecule has 1 aliphatic heterocycles. The second-order valence-electron chi connectivity index (χ2n) is 4.33. The number of carboxylic acids is 1. The maximum Gasteiger partial charge on any atom is 0.339 e. The molecule has 1 atom stereocenters. The number of carbonyl (C=O) groups is 1. The van der Waals surface area contributed by atoms with Gasteiger partial charge in [0.25, 0.3) is 0 Å². The number of hydrogen-bond donors (Lipinski definition) is 1. The van der Waals surface area contributed by atoms with Gasteiger partial charge in [0.1, 0.15) is 5.56 Å². The van der Waals surface area contributed by atoms with E-state index in [0.29, 0.717) is 18.2 Å². The van der Waals surface area contributed by atoms with Gasteiger partial charge in [0.2, 0.25) is 0 Å². The van der Waals surface area contributed by atoms with E-state index >= 15 is 0 Å². The highest BCUT2D eigenvalue weighted by Crippen LogP contribution is 2.19. The van der Waals surface area contributed by atoms with Crippen LogP contribution in [0.5, 0.6) is 0 Å². The van der Waals surface area contributed by atoms with Crippen LogP contribution in [-0.2, 0) is 13.6 Å². The first-order valence-electron chi connectivity index (χ1n) is 5.65. The maximum absolute atomic E-state index is 11.1. The van der Waals surface area contributed by atoms with E-state index in [1.54, 1.807) is 11.7 Å². The van der Waals surface area contributed by atoms with Gasteiger partial charge in [-0.15, -0.1) is 0 Å². The maximum atomic E-state index is 11.1. The Morgan fingerprint density at radius 2 is 2.47 bits per heavy atom. The number of nitrogens with zero attached hydrogens (tertiary/aromatic N) is 3. The van der Waals surface area contributed by atoms with Crippen molar-refractivity contribution in [2.75, 3.05) is 18.1 Å². The molecule has 0 amide bonds. The van der Waals surface area contributed by atoms with Gasteiger partial charge in [0.05, 0.1) is 11.9 Å². The molecule has 0 aliphatic carbocycles. The zero-order valence-corrected chi connectivity index (χ0v) is 10.9. The number of thioether (sulfide) groups is 1. The molecule has 1 N–H and O–H groups in total. The number of hydrogen-bond acceptors (Lipinski definition) is 4. The van der Waals surface area contributed by atoms with Gasteiger partial charge in [-0.25, -0.2) is 4.79 Å². The first-order chi connectivity index (χ1) is 8.09. The quantitative estimate of drug-likeness (QED) is 0.875. The molecule has 1 aromatic rings. The molecule has 2 rings (SSSR count). The molecular weight excluding hydrogens is 238 g/mol. The van der Waals surface area contributed by atoms with Crippen molar-refractivity contribution in [3.05, 3.63) is 17.5 Å². The normalized spacial score (nSPS) is 21.6. The molecule has 17 heavy (non-hydrogen) atoms. The molecule has 5 nitrogen and oxygen atoms in total. The third kappa shape index (κ3) is 2.63. The summed E-state index contributed by atoms with van der Waals surface area (Å²) in [5.41, 5.74) is 1.11. The Labute approximate surface area is 105 Å². The lowest BCUT2D eigenvalue weighted by molar-refractivity contribution is 0.0693. The molecule has 1 saturated heterocycles. The highest BCUT2D eigenvalue weighted by molar-refractivity contribution is 7.99. The molecular formula is C11H17N3O2S. The van der Waals surface area contributed by atoms with Gasteiger partial charge >= 0.3 is 5.97 Å². The van der Waals surface area contributed by atoms with Crippen molar-refractivity contribution in [1.29, 1.82) is 0 Å². The lowest BCUT2D eigenvalue weighted by Crippen LogP contribution is -2.40. The van der Waals surface area contributed by atoms with Gasteiger partial charge in [-0.2, -0.15) is 16.9 Å². The number of aryl methyl sites for hydroxylation is 1. The first kappa shape index (κ1) is 12.4. The zero-order valence-electron chi connectivity index (χ0n) is 10.1. The fraction of sp³-hybridized carbons (Fsp3) is 0.636. The van der Waals surface area contributed by atoms with Gasteiger partial charge in [0.15, 0.2) is 0 Å². The van der Waals surface area contributed by atoms with Crippen LogP contribution in [0.3, 0.4) is 0 Å². The molecule has 2 heterocycles. The SMILES string of the molecule is CC1CSCCN1Cc1c(C(=O)O)cnn1C. The van der Waals surface area contributed by atoms with Crippen LogP contribution in [0.15, 0.2) is 6.20 Å². The highest BCUT2D eigenvalue weighted by Gasteiger charge is 2.23. The summed E-state index contributed by atoms with van der Waals surface area (Å²) in [7, 11) is 1.80. The van der Waals surface area contributed by atoms with Gasteiger partial charge < -0.3 is 5.11 Å². The Morgan fingerprint density at radius 1 is 1.71 bits per heavy atom. The van der Waals surface area contributed by atoms with Gasteiger partial charge in [0, 0.05) is 37.7 Å². The summed E-state index contributed by atoms with van der Waals surface area (Å²) in [6.45, 7) is 3.86. The van der Waals surface area contributed by atoms with Gasteiger partial charge in [-0.05, 0) is 6.92 Å². The van der Waals surface area contributed by atoms with Crippen LogP contribution in [0.4, 0.5) is 0 Å². The van der Waals surface area contributed by atoms with E-state index < -0.39 is 5.97 Å². The van der Waals surface area contributed by atoms with Crippen LogP contribution in [0.2, 0.25) is 0 Å². The molecule has 1 fully saturated rings. The zero-order chi connectivity index (χ0) is 12.4. The Balaban J connectivity index is 2.17. The summed E-state index contributed by atoms with van der Waals surface area (Å²) in [6.07, 6.45) is 1.43. The molecule has 0 saturated carbocycles. The van der Waals surface area contributed by atoms with Crippen LogP contribution in [-0.4, -0.2) is 49.8 Å². The summed E-state index contributed by atoms with van der Waals surface area (Å²) in [5.74, 6) is 1.33. The lowest BCUT2D eigenvalue weighted by Gasteiger charge is -2.32. The minimum atomic E-state index is -0.896. The van der Waals surface area contributed by atoms with Crippen molar-refractivity contribution in [3.8, 4) is 0 Å². The molecule has 0 radical (unpaired) electrons. The molecule has 0 bridgehead atoms. The minimum Gasteiger partial charge on any atom is -0.478 e. The van der Waals surface area contributed by atoms with Crippen molar-refractivity contribution in [3.63, 3.8) is 0 Å². The molecule has 1 unspecified atom stereocenters. The smallest absolute Gasteiger partial charge is 0.339 e. The molecule has 1 aliphatic rings. The number of aromatic nitrogens is 2. The predicted molar refractivity (Wildman–Crippen MR) is 67.4 cm³/mol. The lowest BCUT2D eigenvalue weighted by atomic mass is 10.2. The average Bonchev–Trinajstić information content (AvgIpc) is 2.64. The number of aromatic carboxylic acids is 1. The number of rotatable bonds is 3. The molecule has 94 valence electrons. The van der Waals surface area contributed by atoms with E-state index in [9.17, 15) is 4.79 Å². The monoisotopic (exact) mass is 255 g/mol. The van der Waals surface area contributed by atoms with E-state index in [0.717, 1.165) is 23.7 Å². The van der Waals surface area contributed by atoms with Crippen LogP contribution in [0.1, 0.15) is 23.0 Å². The molecule has 0 aromatic carbocycles.